The molecule has 0 aromatic carbocycles. The molecule has 27 heavy (non-hydrogen) atoms. The van der Waals surface area contributed by atoms with Gasteiger partial charge in [0.05, 0.1) is 5.92 Å². The molecular formula is C16H23N3O8. The van der Waals surface area contributed by atoms with Gasteiger partial charge in [-0.05, 0) is 20.8 Å². The lowest BCUT2D eigenvalue weighted by atomic mass is 10.1. The number of carboxylic acid groups (broad SMARTS) is 1. The van der Waals surface area contributed by atoms with Crippen molar-refractivity contribution >= 4 is 30.0 Å². The van der Waals surface area contributed by atoms with Gasteiger partial charge < -0.3 is 24.5 Å². The van der Waals surface area contributed by atoms with Crippen LogP contribution < -0.4 is 0 Å². The van der Waals surface area contributed by atoms with Crippen LogP contribution in [0.3, 0.4) is 0 Å². The second-order valence-electron chi connectivity index (χ2n) is 7.34. The number of hydrogen-bond acceptors (Lipinski definition) is 7. The number of carbonyl (C=O) groups excluding carboxylic acids is 4. The van der Waals surface area contributed by atoms with Crippen molar-refractivity contribution in [2.45, 2.75) is 39.2 Å². The van der Waals surface area contributed by atoms with Crippen molar-refractivity contribution in [1.82, 2.24) is 14.9 Å². The fourth-order valence-electron chi connectivity index (χ4n) is 2.65. The SMILES string of the molecule is CC(C)(C)OC(=O)N1CCN(C(=O)O)CC(C(=O)ON2C(=O)CCC2=O)C1. The first-order valence-electron chi connectivity index (χ1n) is 8.51. The van der Waals surface area contributed by atoms with E-state index in [1.165, 1.54) is 4.90 Å². The summed E-state index contributed by atoms with van der Waals surface area (Å²) >= 11 is 0. The molecule has 0 aromatic rings. The zero-order valence-electron chi connectivity index (χ0n) is 15.5. The molecule has 2 heterocycles. The Hall–Kier alpha value is -2.85. The Balaban J connectivity index is 2.13. The first-order chi connectivity index (χ1) is 12.5. The normalized spacial score (nSPS) is 21.1. The lowest BCUT2D eigenvalue weighted by Crippen LogP contribution is -2.43. The highest BCUT2D eigenvalue weighted by Crippen LogP contribution is 2.18. The van der Waals surface area contributed by atoms with Crippen LogP contribution in [0.1, 0.15) is 33.6 Å². The molecular weight excluding hydrogens is 362 g/mol. The van der Waals surface area contributed by atoms with Crippen LogP contribution in [0.15, 0.2) is 0 Å². The summed E-state index contributed by atoms with van der Waals surface area (Å²) in [5, 5.41) is 9.66. The van der Waals surface area contributed by atoms with Gasteiger partial charge in [0, 0.05) is 39.0 Å². The van der Waals surface area contributed by atoms with Crippen molar-refractivity contribution in [3.8, 4) is 0 Å². The Morgan fingerprint density at radius 2 is 1.52 bits per heavy atom. The van der Waals surface area contributed by atoms with E-state index < -0.39 is 41.5 Å². The van der Waals surface area contributed by atoms with Gasteiger partial charge in [-0.3, -0.25) is 9.59 Å². The number of carbonyl (C=O) groups is 5. The summed E-state index contributed by atoms with van der Waals surface area (Å²) in [4.78, 5) is 66.4. The lowest BCUT2D eigenvalue weighted by Gasteiger charge is -2.27. The van der Waals surface area contributed by atoms with Crippen molar-refractivity contribution in [2.75, 3.05) is 26.2 Å². The molecule has 1 atom stereocenters. The van der Waals surface area contributed by atoms with Crippen molar-refractivity contribution in [2.24, 2.45) is 5.92 Å². The maximum atomic E-state index is 12.5. The third kappa shape index (κ3) is 5.31. The summed E-state index contributed by atoms with van der Waals surface area (Å²) in [5.41, 5.74) is -0.764. The third-order valence-corrected chi connectivity index (χ3v) is 3.96. The van der Waals surface area contributed by atoms with E-state index in [0.29, 0.717) is 5.06 Å². The Morgan fingerprint density at radius 3 is 2.04 bits per heavy atom. The number of hydrogen-bond donors (Lipinski definition) is 1. The predicted octanol–water partition coefficient (Wildman–Crippen LogP) is 0.440. The largest absolute Gasteiger partial charge is 0.465 e. The topological polar surface area (TPSA) is 134 Å². The van der Waals surface area contributed by atoms with Crippen LogP contribution in [0, 0.1) is 5.92 Å². The quantitative estimate of drug-likeness (QED) is 0.677. The molecule has 150 valence electrons. The van der Waals surface area contributed by atoms with Gasteiger partial charge in [-0.15, -0.1) is 5.06 Å². The van der Waals surface area contributed by atoms with Crippen LogP contribution in [-0.2, 0) is 24.0 Å². The molecule has 0 bridgehead atoms. The first-order valence-corrected chi connectivity index (χ1v) is 8.51. The summed E-state index contributed by atoms with van der Waals surface area (Å²) < 4.78 is 5.27. The fourth-order valence-corrected chi connectivity index (χ4v) is 2.65. The second kappa shape index (κ2) is 7.80. The van der Waals surface area contributed by atoms with E-state index in [1.807, 2.05) is 0 Å². The van der Waals surface area contributed by atoms with Gasteiger partial charge in [0.25, 0.3) is 11.8 Å². The average molecular weight is 385 g/mol. The number of rotatable bonds is 2. The molecule has 2 saturated heterocycles. The van der Waals surface area contributed by atoms with E-state index in [9.17, 15) is 29.1 Å². The number of nitrogens with zero attached hydrogens (tertiary/aromatic N) is 3. The molecule has 1 unspecified atom stereocenters. The highest BCUT2D eigenvalue weighted by molar-refractivity contribution is 6.01. The molecule has 11 heteroatoms. The van der Waals surface area contributed by atoms with Gasteiger partial charge in [-0.25, -0.2) is 14.4 Å². The Bertz CT molecular complexity index is 641. The number of imide groups is 1. The highest BCUT2D eigenvalue weighted by atomic mass is 16.7. The summed E-state index contributed by atoms with van der Waals surface area (Å²) in [7, 11) is 0. The Kier molecular flexibility index (Phi) is 5.91. The minimum absolute atomic E-state index is 0.0140. The van der Waals surface area contributed by atoms with Crippen LogP contribution >= 0.6 is 0 Å². The number of ether oxygens (including phenoxy) is 1. The molecule has 0 radical (unpaired) electrons. The Labute approximate surface area is 155 Å². The molecule has 2 fully saturated rings. The van der Waals surface area contributed by atoms with Crippen LogP contribution in [0.4, 0.5) is 9.59 Å². The van der Waals surface area contributed by atoms with E-state index in [0.717, 1.165) is 4.90 Å². The summed E-state index contributed by atoms with van der Waals surface area (Å²) in [6.45, 7) is 4.68. The monoisotopic (exact) mass is 385 g/mol. The second-order valence-corrected chi connectivity index (χ2v) is 7.34. The van der Waals surface area contributed by atoms with E-state index >= 15 is 0 Å². The molecule has 0 saturated carbocycles. The maximum Gasteiger partial charge on any atom is 0.410 e. The van der Waals surface area contributed by atoms with E-state index in [4.69, 9.17) is 9.57 Å². The fraction of sp³-hybridized carbons (Fsp3) is 0.688. The molecule has 2 rings (SSSR count). The minimum Gasteiger partial charge on any atom is -0.465 e. The molecule has 2 aliphatic heterocycles. The van der Waals surface area contributed by atoms with Gasteiger partial charge in [-0.2, -0.15) is 0 Å². The van der Waals surface area contributed by atoms with Gasteiger partial charge in [0.1, 0.15) is 5.60 Å². The van der Waals surface area contributed by atoms with Crippen molar-refractivity contribution < 1.29 is 38.7 Å². The lowest BCUT2D eigenvalue weighted by molar-refractivity contribution is -0.201. The van der Waals surface area contributed by atoms with E-state index in [2.05, 4.69) is 0 Å². The smallest absolute Gasteiger partial charge is 0.410 e. The molecule has 0 spiro atoms. The third-order valence-electron chi connectivity index (χ3n) is 3.96. The maximum absolute atomic E-state index is 12.5. The molecule has 1 N–H and O–H groups in total. The van der Waals surface area contributed by atoms with Crippen LogP contribution in [0.25, 0.3) is 0 Å². The zero-order chi connectivity index (χ0) is 20.4. The molecule has 11 nitrogen and oxygen atoms in total. The first kappa shape index (κ1) is 20.5. The minimum atomic E-state index is -1.26. The summed E-state index contributed by atoms with van der Waals surface area (Å²) in [6, 6.07) is 0. The summed E-state index contributed by atoms with van der Waals surface area (Å²) in [5.74, 6) is -3.31. The van der Waals surface area contributed by atoms with Crippen LogP contribution in [0.2, 0.25) is 0 Å². The van der Waals surface area contributed by atoms with E-state index in [1.54, 1.807) is 20.8 Å². The van der Waals surface area contributed by atoms with E-state index in [-0.39, 0.29) is 39.0 Å². The van der Waals surface area contributed by atoms with Gasteiger partial charge in [0.15, 0.2) is 0 Å². The zero-order valence-corrected chi connectivity index (χ0v) is 15.5. The van der Waals surface area contributed by atoms with Crippen molar-refractivity contribution in [3.05, 3.63) is 0 Å². The van der Waals surface area contributed by atoms with Crippen molar-refractivity contribution in [3.63, 3.8) is 0 Å². The van der Waals surface area contributed by atoms with Crippen LogP contribution in [-0.4, -0.2) is 81.7 Å². The predicted molar refractivity (Wildman–Crippen MR) is 88.1 cm³/mol. The average Bonchev–Trinajstić information content (AvgIpc) is 2.77. The van der Waals surface area contributed by atoms with Gasteiger partial charge in [-0.1, -0.05) is 0 Å². The Morgan fingerprint density at radius 1 is 1.00 bits per heavy atom. The van der Waals surface area contributed by atoms with Gasteiger partial charge in [0.2, 0.25) is 0 Å². The molecule has 0 aromatic heterocycles. The van der Waals surface area contributed by atoms with Gasteiger partial charge >= 0.3 is 18.2 Å². The van der Waals surface area contributed by atoms with Crippen LogP contribution in [0.5, 0.6) is 0 Å². The molecule has 4 amide bonds. The summed E-state index contributed by atoms with van der Waals surface area (Å²) in [6.07, 6.45) is -2.06. The standard InChI is InChI=1S/C16H23N3O8/c1-16(2,3)26-15(25)18-7-6-17(14(23)24)8-10(9-18)13(22)27-19-11(20)4-5-12(19)21/h10H,4-9H2,1-3H3,(H,23,24). The number of amides is 4. The van der Waals surface area contributed by atoms with Crippen molar-refractivity contribution in [1.29, 1.82) is 0 Å². The number of hydroxylamine groups is 2. The molecule has 2 aliphatic rings. The highest BCUT2D eigenvalue weighted by Gasteiger charge is 2.39. The molecule has 0 aliphatic carbocycles.